The predicted octanol–water partition coefficient (Wildman–Crippen LogP) is 2.35. The van der Waals surface area contributed by atoms with Crippen LogP contribution in [-0.2, 0) is 16.8 Å². The third-order valence-electron chi connectivity index (χ3n) is 3.50. The fourth-order valence-electron chi connectivity index (χ4n) is 2.12. The molecule has 24 heavy (non-hydrogen) atoms. The van der Waals surface area contributed by atoms with E-state index >= 15 is 0 Å². The molecule has 0 fully saturated rings. The Balaban J connectivity index is 1.48. The van der Waals surface area contributed by atoms with E-state index in [9.17, 15) is 9.90 Å². The quantitative estimate of drug-likeness (QED) is 0.680. The summed E-state index contributed by atoms with van der Waals surface area (Å²) in [6.45, 7) is 1.82. The molecule has 0 aliphatic carbocycles. The normalized spacial score (nSPS) is 13.6. The zero-order valence-corrected chi connectivity index (χ0v) is 13.9. The van der Waals surface area contributed by atoms with Gasteiger partial charge in [0.1, 0.15) is 11.9 Å². The van der Waals surface area contributed by atoms with E-state index in [2.05, 4.69) is 15.5 Å². The van der Waals surface area contributed by atoms with Gasteiger partial charge in [0.25, 0.3) is 0 Å². The first-order valence-electron chi connectivity index (χ1n) is 7.43. The molecule has 1 unspecified atom stereocenters. The third kappa shape index (κ3) is 3.90. The monoisotopic (exact) mass is 347 g/mol. The minimum absolute atomic E-state index is 0.149. The standard InChI is InChI=1S/C16H17N3O4S/c1-16(21,12-3-2-8-24-12)10-17-13(20)4-5-14-18-15(19-23-14)11-6-7-22-9-11/h2-3,6-9,21H,4-5,10H2,1H3,(H,17,20). The average Bonchev–Trinajstić information content (AvgIpc) is 3.32. The number of rotatable bonds is 7. The average molecular weight is 347 g/mol. The highest BCUT2D eigenvalue weighted by Gasteiger charge is 2.24. The van der Waals surface area contributed by atoms with Crippen LogP contribution >= 0.6 is 11.3 Å². The molecule has 0 aromatic carbocycles. The molecule has 1 amide bonds. The zero-order chi connectivity index (χ0) is 17.0. The minimum atomic E-state index is -1.08. The largest absolute Gasteiger partial charge is 0.472 e. The fraction of sp³-hybridized carbons (Fsp3) is 0.312. The number of nitrogens with zero attached hydrogens (tertiary/aromatic N) is 2. The van der Waals surface area contributed by atoms with Crippen molar-refractivity contribution < 1.29 is 18.8 Å². The Morgan fingerprint density at radius 2 is 2.33 bits per heavy atom. The lowest BCUT2D eigenvalue weighted by molar-refractivity contribution is -0.122. The molecule has 0 bridgehead atoms. The predicted molar refractivity (Wildman–Crippen MR) is 87.2 cm³/mol. The van der Waals surface area contributed by atoms with E-state index in [-0.39, 0.29) is 18.9 Å². The molecule has 3 aromatic heterocycles. The maximum atomic E-state index is 11.9. The van der Waals surface area contributed by atoms with Gasteiger partial charge in [-0.15, -0.1) is 11.3 Å². The van der Waals surface area contributed by atoms with Crippen molar-refractivity contribution in [2.75, 3.05) is 6.54 Å². The van der Waals surface area contributed by atoms with Crippen molar-refractivity contribution in [1.82, 2.24) is 15.5 Å². The highest BCUT2D eigenvalue weighted by molar-refractivity contribution is 7.10. The third-order valence-corrected chi connectivity index (χ3v) is 4.62. The van der Waals surface area contributed by atoms with E-state index in [4.69, 9.17) is 8.94 Å². The van der Waals surface area contributed by atoms with Crippen molar-refractivity contribution in [3.8, 4) is 11.4 Å². The summed E-state index contributed by atoms with van der Waals surface area (Å²) in [5, 5.41) is 18.8. The number of amides is 1. The lowest BCUT2D eigenvalue weighted by Gasteiger charge is -2.22. The summed E-state index contributed by atoms with van der Waals surface area (Å²) in [5.74, 6) is 0.626. The highest BCUT2D eigenvalue weighted by Crippen LogP contribution is 2.24. The van der Waals surface area contributed by atoms with Gasteiger partial charge in [-0.3, -0.25) is 4.79 Å². The van der Waals surface area contributed by atoms with Crippen molar-refractivity contribution in [3.63, 3.8) is 0 Å². The molecule has 0 saturated carbocycles. The van der Waals surface area contributed by atoms with E-state index in [1.165, 1.54) is 23.9 Å². The van der Waals surface area contributed by atoms with Crippen molar-refractivity contribution >= 4 is 17.2 Å². The molecule has 126 valence electrons. The summed E-state index contributed by atoms with van der Waals surface area (Å²) >= 11 is 1.45. The summed E-state index contributed by atoms with van der Waals surface area (Å²) in [6, 6.07) is 5.43. The Labute approximate surface area is 142 Å². The van der Waals surface area contributed by atoms with Crippen LogP contribution in [-0.4, -0.2) is 27.7 Å². The number of carbonyl (C=O) groups is 1. The lowest BCUT2D eigenvalue weighted by atomic mass is 10.1. The van der Waals surface area contributed by atoms with Gasteiger partial charge in [-0.1, -0.05) is 11.2 Å². The summed E-state index contributed by atoms with van der Waals surface area (Å²) in [5.41, 5.74) is -0.357. The Hall–Kier alpha value is -2.45. The van der Waals surface area contributed by atoms with Gasteiger partial charge in [-0.2, -0.15) is 4.98 Å². The Morgan fingerprint density at radius 1 is 1.46 bits per heavy atom. The van der Waals surface area contributed by atoms with Gasteiger partial charge in [-0.05, 0) is 24.4 Å². The van der Waals surface area contributed by atoms with Crippen molar-refractivity contribution in [2.45, 2.75) is 25.4 Å². The van der Waals surface area contributed by atoms with Crippen LogP contribution in [0.4, 0.5) is 0 Å². The summed E-state index contributed by atoms with van der Waals surface area (Å²) in [6.07, 6.45) is 3.58. The van der Waals surface area contributed by atoms with Gasteiger partial charge in [0.2, 0.25) is 17.6 Å². The molecule has 0 aliphatic heterocycles. The van der Waals surface area contributed by atoms with Crippen LogP contribution in [0.1, 0.15) is 24.1 Å². The van der Waals surface area contributed by atoms with Crippen LogP contribution in [0.15, 0.2) is 45.0 Å². The molecule has 0 aliphatic rings. The SMILES string of the molecule is CC(O)(CNC(=O)CCc1nc(-c2ccoc2)no1)c1cccs1. The Morgan fingerprint density at radius 3 is 3.04 bits per heavy atom. The molecule has 3 aromatic rings. The molecular weight excluding hydrogens is 330 g/mol. The lowest BCUT2D eigenvalue weighted by Crippen LogP contribution is -2.38. The highest BCUT2D eigenvalue weighted by atomic mass is 32.1. The number of aromatic nitrogens is 2. The number of carbonyl (C=O) groups excluding carboxylic acids is 1. The first-order valence-corrected chi connectivity index (χ1v) is 8.31. The second kappa shape index (κ2) is 6.98. The van der Waals surface area contributed by atoms with Gasteiger partial charge in [0.05, 0.1) is 18.4 Å². The van der Waals surface area contributed by atoms with Gasteiger partial charge >= 0.3 is 0 Å². The number of hydrogen-bond acceptors (Lipinski definition) is 7. The first kappa shape index (κ1) is 16.4. The first-order chi connectivity index (χ1) is 11.5. The van der Waals surface area contributed by atoms with E-state index in [1.807, 2.05) is 17.5 Å². The van der Waals surface area contributed by atoms with Crippen LogP contribution in [0.3, 0.4) is 0 Å². The van der Waals surface area contributed by atoms with Crippen molar-refractivity contribution in [2.24, 2.45) is 0 Å². The molecule has 3 rings (SSSR count). The molecule has 0 radical (unpaired) electrons. The molecule has 0 spiro atoms. The number of nitrogens with one attached hydrogen (secondary N) is 1. The van der Waals surface area contributed by atoms with Crippen molar-refractivity contribution in [1.29, 1.82) is 0 Å². The van der Waals surface area contributed by atoms with Gasteiger partial charge in [0.15, 0.2) is 0 Å². The number of aliphatic hydroxyl groups is 1. The van der Waals surface area contributed by atoms with Crippen LogP contribution in [0.5, 0.6) is 0 Å². The Kier molecular flexibility index (Phi) is 4.77. The minimum Gasteiger partial charge on any atom is -0.472 e. The van der Waals surface area contributed by atoms with Crippen LogP contribution in [0.25, 0.3) is 11.4 Å². The van der Waals surface area contributed by atoms with Gasteiger partial charge in [-0.25, -0.2) is 0 Å². The topological polar surface area (TPSA) is 101 Å². The Bertz CT molecular complexity index is 778. The number of aryl methyl sites for hydroxylation is 1. The molecular formula is C16H17N3O4S. The van der Waals surface area contributed by atoms with E-state index in [1.54, 1.807) is 13.0 Å². The summed E-state index contributed by atoms with van der Waals surface area (Å²) < 4.78 is 10.1. The fourth-order valence-corrected chi connectivity index (χ4v) is 2.90. The van der Waals surface area contributed by atoms with E-state index in [0.717, 1.165) is 10.4 Å². The zero-order valence-electron chi connectivity index (χ0n) is 13.1. The van der Waals surface area contributed by atoms with Gasteiger partial charge in [0, 0.05) is 17.7 Å². The van der Waals surface area contributed by atoms with Gasteiger partial charge < -0.3 is 19.4 Å². The molecule has 0 saturated heterocycles. The smallest absolute Gasteiger partial charge is 0.227 e. The van der Waals surface area contributed by atoms with Crippen molar-refractivity contribution in [3.05, 3.63) is 46.9 Å². The van der Waals surface area contributed by atoms with E-state index in [0.29, 0.717) is 18.1 Å². The number of furan rings is 1. The number of hydrogen-bond donors (Lipinski definition) is 2. The number of thiophene rings is 1. The van der Waals surface area contributed by atoms with E-state index < -0.39 is 5.60 Å². The van der Waals surface area contributed by atoms with Crippen LogP contribution < -0.4 is 5.32 Å². The maximum absolute atomic E-state index is 11.9. The second-order valence-electron chi connectivity index (χ2n) is 5.55. The second-order valence-corrected chi connectivity index (χ2v) is 6.50. The summed E-state index contributed by atoms with van der Waals surface area (Å²) in [4.78, 5) is 17.0. The molecule has 3 heterocycles. The molecule has 1 atom stereocenters. The molecule has 7 nitrogen and oxygen atoms in total. The van der Waals surface area contributed by atoms with Crippen LogP contribution in [0.2, 0.25) is 0 Å². The molecule has 8 heteroatoms. The van der Waals surface area contributed by atoms with Crippen LogP contribution in [0, 0.1) is 0 Å². The summed E-state index contributed by atoms with van der Waals surface area (Å²) in [7, 11) is 0. The molecule has 2 N–H and O–H groups in total. The maximum Gasteiger partial charge on any atom is 0.227 e.